The van der Waals surface area contributed by atoms with Gasteiger partial charge < -0.3 is 0 Å². The minimum absolute atomic E-state index is 0.164. The topological polar surface area (TPSA) is 0 Å². The van der Waals surface area contributed by atoms with Gasteiger partial charge in [0.05, 0.1) is 0 Å². The largest absolute Gasteiger partial charge is 0.207 e. The summed E-state index contributed by atoms with van der Waals surface area (Å²) in [5.41, 5.74) is 6.83. The molecule has 0 heterocycles. The van der Waals surface area contributed by atoms with Crippen LogP contribution in [0.5, 0.6) is 0 Å². The molecular formula is C25H25F. The minimum Gasteiger partial charge on any atom is -0.207 e. The van der Waals surface area contributed by atoms with E-state index in [9.17, 15) is 4.39 Å². The maximum atomic E-state index is 13.4. The maximum absolute atomic E-state index is 13.4. The van der Waals surface area contributed by atoms with E-state index in [1.807, 2.05) is 12.1 Å². The SMILES string of the molecule is CC(C)c1ccc(C2c3ccccc3CCC2c2ccc(F)cc2)cc1. The Morgan fingerprint density at radius 3 is 2.15 bits per heavy atom. The van der Waals surface area contributed by atoms with E-state index in [1.54, 1.807) is 12.1 Å². The van der Waals surface area contributed by atoms with Crippen LogP contribution in [-0.2, 0) is 6.42 Å². The average molecular weight is 344 g/mol. The fraction of sp³-hybridized carbons (Fsp3) is 0.280. The Labute approximate surface area is 155 Å². The van der Waals surface area contributed by atoms with Crippen LogP contribution >= 0.6 is 0 Å². The standard InChI is InChI=1S/C25H25F/c1-17(2)18-7-9-21(10-8-18)25-23-6-4-3-5-19(23)13-16-24(25)20-11-14-22(26)15-12-20/h3-12,14-15,17,24-25H,13,16H2,1-2H3. The minimum atomic E-state index is -0.164. The Morgan fingerprint density at radius 1 is 0.808 bits per heavy atom. The van der Waals surface area contributed by atoms with Crippen molar-refractivity contribution in [2.75, 3.05) is 0 Å². The zero-order valence-electron chi connectivity index (χ0n) is 15.5. The number of rotatable bonds is 3. The third kappa shape index (κ3) is 3.19. The van der Waals surface area contributed by atoms with E-state index in [-0.39, 0.29) is 5.82 Å². The molecule has 0 radical (unpaired) electrons. The molecule has 2 atom stereocenters. The van der Waals surface area contributed by atoms with Crippen molar-refractivity contribution >= 4 is 0 Å². The van der Waals surface area contributed by atoms with E-state index < -0.39 is 0 Å². The summed E-state index contributed by atoms with van der Waals surface area (Å²) >= 11 is 0. The fourth-order valence-electron chi connectivity index (χ4n) is 4.33. The zero-order valence-corrected chi connectivity index (χ0v) is 15.5. The molecule has 1 aliphatic carbocycles. The van der Waals surface area contributed by atoms with E-state index in [0.717, 1.165) is 12.8 Å². The molecule has 0 N–H and O–H groups in total. The molecule has 0 nitrogen and oxygen atoms in total. The maximum Gasteiger partial charge on any atom is 0.123 e. The number of benzene rings is 3. The second kappa shape index (κ2) is 7.07. The zero-order chi connectivity index (χ0) is 18.1. The predicted molar refractivity (Wildman–Crippen MR) is 106 cm³/mol. The second-order valence-corrected chi connectivity index (χ2v) is 7.69. The lowest BCUT2D eigenvalue weighted by molar-refractivity contribution is 0.522. The molecule has 0 aromatic heterocycles. The van der Waals surface area contributed by atoms with E-state index >= 15 is 0 Å². The highest BCUT2D eigenvalue weighted by Gasteiger charge is 2.31. The van der Waals surface area contributed by atoms with Crippen LogP contribution in [0, 0.1) is 5.82 Å². The number of hydrogen-bond acceptors (Lipinski definition) is 0. The number of halogens is 1. The summed E-state index contributed by atoms with van der Waals surface area (Å²) in [4.78, 5) is 0. The summed E-state index contributed by atoms with van der Waals surface area (Å²) in [5.74, 6) is 1.08. The van der Waals surface area contributed by atoms with Crippen LogP contribution < -0.4 is 0 Å². The first-order valence-corrected chi connectivity index (χ1v) is 9.56. The molecule has 0 fully saturated rings. The Bertz CT molecular complexity index is 875. The van der Waals surface area contributed by atoms with Crippen molar-refractivity contribution in [3.05, 3.63) is 106 Å². The van der Waals surface area contributed by atoms with Gasteiger partial charge in [-0.2, -0.15) is 0 Å². The van der Waals surface area contributed by atoms with Crippen molar-refractivity contribution in [2.45, 2.75) is 44.4 Å². The van der Waals surface area contributed by atoms with Crippen molar-refractivity contribution in [3.8, 4) is 0 Å². The molecule has 4 rings (SSSR count). The lowest BCUT2D eigenvalue weighted by Crippen LogP contribution is -2.20. The third-order valence-corrected chi connectivity index (χ3v) is 5.78. The summed E-state index contributed by atoms with van der Waals surface area (Å²) in [6.07, 6.45) is 2.18. The average Bonchev–Trinajstić information content (AvgIpc) is 2.68. The fourth-order valence-corrected chi connectivity index (χ4v) is 4.33. The van der Waals surface area contributed by atoms with Gasteiger partial charge in [0.15, 0.2) is 0 Å². The highest BCUT2D eigenvalue weighted by atomic mass is 19.1. The van der Waals surface area contributed by atoms with Crippen LogP contribution in [0.4, 0.5) is 4.39 Å². The first-order valence-electron chi connectivity index (χ1n) is 9.56. The quantitative estimate of drug-likeness (QED) is 0.489. The first kappa shape index (κ1) is 17.0. The molecule has 0 amide bonds. The van der Waals surface area contributed by atoms with E-state index in [4.69, 9.17) is 0 Å². The Balaban J connectivity index is 1.80. The Morgan fingerprint density at radius 2 is 1.46 bits per heavy atom. The highest BCUT2D eigenvalue weighted by Crippen LogP contribution is 2.46. The van der Waals surface area contributed by atoms with Crippen molar-refractivity contribution in [2.24, 2.45) is 0 Å². The van der Waals surface area contributed by atoms with Crippen LogP contribution in [-0.4, -0.2) is 0 Å². The molecule has 3 aromatic carbocycles. The molecule has 0 bridgehead atoms. The predicted octanol–water partition coefficient (Wildman–Crippen LogP) is 6.81. The number of hydrogen-bond donors (Lipinski definition) is 0. The molecule has 0 saturated carbocycles. The van der Waals surface area contributed by atoms with Gasteiger partial charge in [0, 0.05) is 5.92 Å². The lowest BCUT2D eigenvalue weighted by Gasteiger charge is -2.34. The number of aryl methyl sites for hydroxylation is 1. The normalized spacial score (nSPS) is 19.4. The molecule has 0 saturated heterocycles. The van der Waals surface area contributed by atoms with E-state index in [2.05, 4.69) is 62.4 Å². The Kier molecular flexibility index (Phi) is 4.63. The number of fused-ring (bicyclic) bond motifs is 1. The smallest absolute Gasteiger partial charge is 0.123 e. The van der Waals surface area contributed by atoms with Gasteiger partial charge in [-0.1, -0.05) is 74.5 Å². The second-order valence-electron chi connectivity index (χ2n) is 7.69. The third-order valence-electron chi connectivity index (χ3n) is 5.78. The van der Waals surface area contributed by atoms with Gasteiger partial charge in [-0.3, -0.25) is 0 Å². The van der Waals surface area contributed by atoms with Crippen molar-refractivity contribution in [1.82, 2.24) is 0 Å². The highest BCUT2D eigenvalue weighted by molar-refractivity contribution is 5.45. The molecule has 2 unspecified atom stereocenters. The summed E-state index contributed by atoms with van der Waals surface area (Å²) in [6, 6.07) is 25.0. The summed E-state index contributed by atoms with van der Waals surface area (Å²) < 4.78 is 13.4. The molecular weight excluding hydrogens is 319 g/mol. The molecule has 0 aliphatic heterocycles. The van der Waals surface area contributed by atoms with Gasteiger partial charge in [0.25, 0.3) is 0 Å². The van der Waals surface area contributed by atoms with Gasteiger partial charge in [-0.15, -0.1) is 0 Å². The van der Waals surface area contributed by atoms with Crippen LogP contribution in [0.3, 0.4) is 0 Å². The van der Waals surface area contributed by atoms with E-state index in [1.165, 1.54) is 27.8 Å². The van der Waals surface area contributed by atoms with Crippen LogP contribution in [0.15, 0.2) is 72.8 Å². The lowest BCUT2D eigenvalue weighted by atomic mass is 9.69. The molecule has 1 heteroatoms. The van der Waals surface area contributed by atoms with Crippen LogP contribution in [0.1, 0.15) is 65.8 Å². The molecule has 26 heavy (non-hydrogen) atoms. The molecule has 132 valence electrons. The molecule has 0 spiro atoms. The summed E-state index contributed by atoms with van der Waals surface area (Å²) in [6.45, 7) is 4.46. The van der Waals surface area contributed by atoms with Gasteiger partial charge in [-0.05, 0) is 64.6 Å². The summed E-state index contributed by atoms with van der Waals surface area (Å²) in [5, 5.41) is 0. The van der Waals surface area contributed by atoms with Crippen LogP contribution in [0.2, 0.25) is 0 Å². The van der Waals surface area contributed by atoms with Crippen molar-refractivity contribution in [3.63, 3.8) is 0 Å². The Hall–Kier alpha value is -2.41. The first-order chi connectivity index (χ1) is 12.6. The van der Waals surface area contributed by atoms with Gasteiger partial charge in [0.1, 0.15) is 5.82 Å². The van der Waals surface area contributed by atoms with Gasteiger partial charge in [0.2, 0.25) is 0 Å². The van der Waals surface area contributed by atoms with Crippen LogP contribution in [0.25, 0.3) is 0 Å². The van der Waals surface area contributed by atoms with Crippen molar-refractivity contribution < 1.29 is 4.39 Å². The van der Waals surface area contributed by atoms with E-state index in [0.29, 0.717) is 17.8 Å². The van der Waals surface area contributed by atoms with Gasteiger partial charge in [-0.25, -0.2) is 4.39 Å². The molecule has 1 aliphatic rings. The van der Waals surface area contributed by atoms with Crippen molar-refractivity contribution in [1.29, 1.82) is 0 Å². The monoisotopic (exact) mass is 344 g/mol. The molecule has 3 aromatic rings. The van der Waals surface area contributed by atoms with Gasteiger partial charge >= 0.3 is 0 Å². The summed E-state index contributed by atoms with van der Waals surface area (Å²) in [7, 11) is 0.